The summed E-state index contributed by atoms with van der Waals surface area (Å²) in [5, 5.41) is 13.6. The molecule has 0 radical (unpaired) electrons. The molecule has 8 nitrogen and oxygen atoms in total. The van der Waals surface area contributed by atoms with Gasteiger partial charge in [0.2, 0.25) is 0 Å². The summed E-state index contributed by atoms with van der Waals surface area (Å²) in [6, 6.07) is 1.36. The number of H-pyrrole nitrogens is 1. The Kier molecular flexibility index (Phi) is 3.94. The standard InChI is InChI=1S/C13H16FN7O/c14-9-6-16-11(5-10(9)15)13(22)21(8-3-1-2-4-8)7-12-17-19-20-18-12/h5-6,8H,1-4,7H2,(H2,15,16)(H,17,18,19,20). The largest absolute Gasteiger partial charge is 0.396 e. The average Bonchev–Trinajstić information content (AvgIpc) is 3.20. The fraction of sp³-hybridized carbons (Fsp3) is 0.462. The highest BCUT2D eigenvalue weighted by atomic mass is 19.1. The van der Waals surface area contributed by atoms with Gasteiger partial charge in [0.1, 0.15) is 5.69 Å². The average molecular weight is 305 g/mol. The Morgan fingerprint density at radius 2 is 2.23 bits per heavy atom. The van der Waals surface area contributed by atoms with Crippen LogP contribution >= 0.6 is 0 Å². The zero-order valence-electron chi connectivity index (χ0n) is 11.9. The highest BCUT2D eigenvalue weighted by Gasteiger charge is 2.29. The van der Waals surface area contributed by atoms with Crippen molar-refractivity contribution in [1.29, 1.82) is 0 Å². The summed E-state index contributed by atoms with van der Waals surface area (Å²) >= 11 is 0. The number of nitrogens with one attached hydrogen (secondary N) is 1. The predicted molar refractivity (Wildman–Crippen MR) is 74.9 cm³/mol. The predicted octanol–water partition coefficient (Wildman–Crippen LogP) is 0.901. The maximum atomic E-state index is 13.2. The van der Waals surface area contributed by atoms with Gasteiger partial charge >= 0.3 is 0 Å². The van der Waals surface area contributed by atoms with Crippen LogP contribution in [0.25, 0.3) is 0 Å². The highest BCUT2D eigenvalue weighted by molar-refractivity contribution is 5.93. The van der Waals surface area contributed by atoms with Crippen molar-refractivity contribution >= 4 is 11.6 Å². The second kappa shape index (κ2) is 6.04. The van der Waals surface area contributed by atoms with E-state index in [1.807, 2.05) is 0 Å². The number of tetrazole rings is 1. The molecule has 0 aromatic carbocycles. The van der Waals surface area contributed by atoms with Crippen LogP contribution in [0.3, 0.4) is 0 Å². The monoisotopic (exact) mass is 305 g/mol. The quantitative estimate of drug-likeness (QED) is 0.867. The molecule has 2 aromatic rings. The molecule has 3 N–H and O–H groups in total. The van der Waals surface area contributed by atoms with Crippen molar-refractivity contribution in [3.63, 3.8) is 0 Å². The van der Waals surface area contributed by atoms with Crippen LogP contribution in [-0.2, 0) is 6.54 Å². The summed E-state index contributed by atoms with van der Waals surface area (Å²) in [5.41, 5.74) is 5.55. The molecule has 0 aliphatic heterocycles. The number of nitrogen functional groups attached to an aromatic ring is 1. The first-order valence-corrected chi connectivity index (χ1v) is 7.09. The van der Waals surface area contributed by atoms with E-state index in [0.29, 0.717) is 5.82 Å². The van der Waals surface area contributed by atoms with E-state index >= 15 is 0 Å². The minimum atomic E-state index is -0.637. The van der Waals surface area contributed by atoms with Crippen LogP contribution < -0.4 is 5.73 Å². The van der Waals surface area contributed by atoms with Crippen molar-refractivity contribution in [2.24, 2.45) is 0 Å². The summed E-state index contributed by atoms with van der Waals surface area (Å²) in [4.78, 5) is 18.2. The van der Waals surface area contributed by atoms with Crippen LogP contribution in [0.15, 0.2) is 12.3 Å². The van der Waals surface area contributed by atoms with Crippen LogP contribution in [0.1, 0.15) is 42.0 Å². The summed E-state index contributed by atoms with van der Waals surface area (Å²) in [5.74, 6) is -0.513. The number of nitrogens with two attached hydrogens (primary N) is 1. The van der Waals surface area contributed by atoms with Crippen molar-refractivity contribution in [2.45, 2.75) is 38.3 Å². The van der Waals surface area contributed by atoms with Crippen molar-refractivity contribution in [3.8, 4) is 0 Å². The number of hydrogen-bond acceptors (Lipinski definition) is 6. The molecule has 0 bridgehead atoms. The number of pyridine rings is 1. The van der Waals surface area contributed by atoms with Crippen molar-refractivity contribution < 1.29 is 9.18 Å². The van der Waals surface area contributed by atoms with Crippen LogP contribution in [0.4, 0.5) is 10.1 Å². The van der Waals surface area contributed by atoms with Gasteiger partial charge in [-0.2, -0.15) is 5.21 Å². The zero-order chi connectivity index (χ0) is 15.5. The molecule has 1 saturated carbocycles. The molecule has 1 fully saturated rings. The lowest BCUT2D eigenvalue weighted by Crippen LogP contribution is -2.39. The molecule has 3 rings (SSSR count). The molecule has 2 heterocycles. The number of amides is 1. The number of carbonyl (C=O) groups is 1. The lowest BCUT2D eigenvalue weighted by molar-refractivity contribution is 0.0652. The molecule has 1 amide bonds. The minimum Gasteiger partial charge on any atom is -0.396 e. The van der Waals surface area contributed by atoms with Gasteiger partial charge in [-0.25, -0.2) is 9.37 Å². The number of hydrogen-bond donors (Lipinski definition) is 2. The van der Waals surface area contributed by atoms with E-state index in [9.17, 15) is 9.18 Å². The van der Waals surface area contributed by atoms with Crippen LogP contribution in [0, 0.1) is 5.82 Å². The van der Waals surface area contributed by atoms with E-state index in [1.54, 1.807) is 4.90 Å². The van der Waals surface area contributed by atoms with E-state index in [1.165, 1.54) is 6.07 Å². The van der Waals surface area contributed by atoms with Crippen LogP contribution in [0.2, 0.25) is 0 Å². The number of anilines is 1. The maximum absolute atomic E-state index is 13.2. The van der Waals surface area contributed by atoms with Gasteiger partial charge < -0.3 is 10.6 Å². The fourth-order valence-corrected chi connectivity index (χ4v) is 2.70. The zero-order valence-corrected chi connectivity index (χ0v) is 11.9. The van der Waals surface area contributed by atoms with Crippen molar-refractivity contribution in [3.05, 3.63) is 29.6 Å². The third-order valence-electron chi connectivity index (χ3n) is 3.83. The maximum Gasteiger partial charge on any atom is 0.273 e. The molecule has 0 spiro atoms. The van der Waals surface area contributed by atoms with Gasteiger partial charge in [-0.05, 0) is 18.9 Å². The van der Waals surface area contributed by atoms with E-state index in [4.69, 9.17) is 5.73 Å². The van der Waals surface area contributed by atoms with Gasteiger partial charge in [-0.1, -0.05) is 18.1 Å². The second-order valence-electron chi connectivity index (χ2n) is 5.29. The Hall–Kier alpha value is -2.58. The van der Waals surface area contributed by atoms with E-state index in [2.05, 4.69) is 25.6 Å². The molecule has 2 aromatic heterocycles. The molecular weight excluding hydrogens is 289 g/mol. The smallest absolute Gasteiger partial charge is 0.273 e. The molecule has 1 aliphatic carbocycles. The number of halogens is 1. The summed E-state index contributed by atoms with van der Waals surface area (Å²) < 4.78 is 13.2. The highest BCUT2D eigenvalue weighted by Crippen LogP contribution is 2.26. The molecule has 0 atom stereocenters. The van der Waals surface area contributed by atoms with E-state index < -0.39 is 5.82 Å². The molecule has 9 heteroatoms. The lowest BCUT2D eigenvalue weighted by Gasteiger charge is -2.27. The normalized spacial score (nSPS) is 15.1. The Morgan fingerprint density at radius 1 is 1.45 bits per heavy atom. The lowest BCUT2D eigenvalue weighted by atomic mass is 10.2. The van der Waals surface area contributed by atoms with Crippen molar-refractivity contribution in [1.82, 2.24) is 30.5 Å². The first-order chi connectivity index (χ1) is 10.6. The number of aromatic amines is 1. The second-order valence-corrected chi connectivity index (χ2v) is 5.29. The number of nitrogens with zero attached hydrogens (tertiary/aromatic N) is 5. The van der Waals surface area contributed by atoms with Gasteiger partial charge in [-0.3, -0.25) is 4.79 Å². The Morgan fingerprint density at radius 3 is 2.86 bits per heavy atom. The molecular formula is C13H16FN7O. The van der Waals surface area contributed by atoms with Crippen LogP contribution in [-0.4, -0.2) is 42.5 Å². The van der Waals surface area contributed by atoms with Gasteiger partial charge in [0, 0.05) is 6.04 Å². The van der Waals surface area contributed by atoms with Gasteiger partial charge in [0.15, 0.2) is 11.6 Å². The number of rotatable bonds is 4. The molecule has 1 aliphatic rings. The van der Waals surface area contributed by atoms with Gasteiger partial charge in [-0.15, -0.1) is 10.2 Å². The summed E-state index contributed by atoms with van der Waals surface area (Å²) in [6.45, 7) is 0.235. The Labute approximate surface area is 125 Å². The fourth-order valence-electron chi connectivity index (χ4n) is 2.70. The number of aromatic nitrogens is 5. The molecule has 116 valence electrons. The van der Waals surface area contributed by atoms with Gasteiger partial charge in [0.25, 0.3) is 5.91 Å². The topological polar surface area (TPSA) is 114 Å². The summed E-state index contributed by atoms with van der Waals surface area (Å²) in [7, 11) is 0. The molecule has 0 saturated heterocycles. The SMILES string of the molecule is Nc1cc(C(=O)N(Cc2nn[nH]n2)C2CCCC2)ncc1F. The van der Waals surface area contributed by atoms with Crippen molar-refractivity contribution in [2.75, 3.05) is 5.73 Å². The third-order valence-corrected chi connectivity index (χ3v) is 3.83. The molecule has 22 heavy (non-hydrogen) atoms. The Balaban J connectivity index is 1.86. The number of carbonyl (C=O) groups excluding carboxylic acids is 1. The first kappa shape index (κ1) is 14.4. The van der Waals surface area contributed by atoms with E-state index in [-0.39, 0.29) is 29.9 Å². The summed E-state index contributed by atoms with van der Waals surface area (Å²) in [6.07, 6.45) is 4.93. The first-order valence-electron chi connectivity index (χ1n) is 7.09. The molecule has 0 unspecified atom stereocenters. The van der Waals surface area contributed by atoms with E-state index in [0.717, 1.165) is 31.9 Å². The third kappa shape index (κ3) is 2.87. The van der Waals surface area contributed by atoms with Crippen LogP contribution in [0.5, 0.6) is 0 Å². The Bertz CT molecular complexity index is 654. The van der Waals surface area contributed by atoms with Gasteiger partial charge in [0.05, 0.1) is 18.4 Å². The minimum absolute atomic E-state index is 0.0933.